The quantitative estimate of drug-likeness (QED) is 0.264. The number of carbonyl (C=O) groups is 2. The van der Waals surface area contributed by atoms with Crippen molar-refractivity contribution in [1.29, 1.82) is 0 Å². The average molecular weight is 702 g/mol. The monoisotopic (exact) mass is 701 g/mol. The highest BCUT2D eigenvalue weighted by molar-refractivity contribution is 7.93. The fraction of sp³-hybridized carbons (Fsp3) is 0.424. The number of nitrogens with zero attached hydrogens (tertiary/aromatic N) is 5. The van der Waals surface area contributed by atoms with Crippen LogP contribution in [0.5, 0.6) is 11.6 Å². The van der Waals surface area contributed by atoms with E-state index >= 15 is 0 Å². The first-order chi connectivity index (χ1) is 23.0. The van der Waals surface area contributed by atoms with Crippen LogP contribution in [-0.4, -0.2) is 103 Å². The van der Waals surface area contributed by atoms with Crippen molar-refractivity contribution < 1.29 is 37.0 Å². The fourth-order valence-electron chi connectivity index (χ4n) is 7.29. The van der Waals surface area contributed by atoms with Gasteiger partial charge in [-0.15, -0.1) is 11.6 Å². The lowest BCUT2D eigenvalue weighted by atomic mass is 9.80. The molecule has 2 aromatic carbocycles. The molecule has 3 aliphatic rings. The Kier molecular flexibility index (Phi) is 9.53. The Labute approximate surface area is 283 Å². The molecular formula is C33H37ClFN5O7S. The van der Waals surface area contributed by atoms with Gasteiger partial charge in [-0.05, 0) is 75.8 Å². The zero-order valence-electron chi connectivity index (χ0n) is 26.7. The van der Waals surface area contributed by atoms with Gasteiger partial charge >= 0.3 is 6.09 Å². The lowest BCUT2D eigenvalue weighted by Crippen LogP contribution is -2.65. The number of likely N-dealkylation sites (tertiary alicyclic amines) is 1. The van der Waals surface area contributed by atoms with Gasteiger partial charge in [-0.3, -0.25) is 14.6 Å². The highest BCUT2D eigenvalue weighted by Gasteiger charge is 2.57. The number of para-hydroxylation sites is 1. The van der Waals surface area contributed by atoms with Crippen LogP contribution < -0.4 is 13.8 Å². The van der Waals surface area contributed by atoms with Crippen LogP contribution in [0.15, 0.2) is 65.7 Å². The molecule has 0 bridgehead atoms. The summed E-state index contributed by atoms with van der Waals surface area (Å²) in [6.45, 7) is 3.43. The van der Waals surface area contributed by atoms with Gasteiger partial charge in [0.15, 0.2) is 0 Å². The van der Waals surface area contributed by atoms with E-state index in [0.717, 1.165) is 43.0 Å². The summed E-state index contributed by atoms with van der Waals surface area (Å²) >= 11 is 7.10. The Balaban J connectivity index is 1.58. The third-order valence-electron chi connectivity index (χ3n) is 9.37. The van der Waals surface area contributed by atoms with E-state index in [0.29, 0.717) is 9.87 Å². The van der Waals surface area contributed by atoms with Gasteiger partial charge in [0.05, 0.1) is 44.0 Å². The number of amides is 2. The Morgan fingerprint density at radius 2 is 1.83 bits per heavy atom. The number of piperazine rings is 1. The zero-order chi connectivity index (χ0) is 34.3. The molecule has 3 aromatic rings. The number of fused-ring (bicyclic) bond motifs is 1. The third-order valence-corrected chi connectivity index (χ3v) is 11.5. The summed E-state index contributed by atoms with van der Waals surface area (Å²) in [6.07, 6.45) is 1.65. The molecule has 2 fully saturated rings. The number of halogens is 2. The molecule has 256 valence electrons. The zero-order valence-corrected chi connectivity index (χ0v) is 28.3. The van der Waals surface area contributed by atoms with Gasteiger partial charge < -0.3 is 19.5 Å². The Bertz CT molecular complexity index is 1810. The van der Waals surface area contributed by atoms with Crippen LogP contribution in [0.25, 0.3) is 0 Å². The maximum absolute atomic E-state index is 14.9. The number of anilines is 1. The minimum atomic E-state index is -4.68. The number of methoxy groups -OCH3 is 1. The summed E-state index contributed by atoms with van der Waals surface area (Å²) in [5, 5.41) is 10.7. The Morgan fingerprint density at radius 3 is 2.52 bits per heavy atom. The van der Waals surface area contributed by atoms with Crippen molar-refractivity contribution in [3.63, 3.8) is 0 Å². The molecule has 0 spiro atoms. The number of pyridine rings is 1. The fourth-order valence-corrected chi connectivity index (χ4v) is 9.34. The predicted octanol–water partition coefficient (Wildman–Crippen LogP) is 4.51. The molecule has 4 atom stereocenters. The summed E-state index contributed by atoms with van der Waals surface area (Å²) in [5.41, 5.74) is -0.334. The lowest BCUT2D eigenvalue weighted by molar-refractivity contribution is -0.122. The van der Waals surface area contributed by atoms with E-state index in [-0.39, 0.29) is 47.0 Å². The van der Waals surface area contributed by atoms with Gasteiger partial charge in [-0.2, -0.15) is 0 Å². The van der Waals surface area contributed by atoms with E-state index in [4.69, 9.17) is 21.1 Å². The van der Waals surface area contributed by atoms with Gasteiger partial charge in [0.25, 0.3) is 15.9 Å². The number of sulfonamides is 1. The van der Waals surface area contributed by atoms with Crippen molar-refractivity contribution >= 4 is 39.3 Å². The molecular weight excluding hydrogens is 665 g/mol. The normalized spacial score (nSPS) is 24.1. The molecule has 2 saturated heterocycles. The number of piperidine rings is 1. The van der Waals surface area contributed by atoms with Crippen molar-refractivity contribution in [2.24, 2.45) is 0 Å². The lowest BCUT2D eigenvalue weighted by Gasteiger charge is -2.54. The number of ether oxygens (including phenoxy) is 2. The Hall–Kier alpha value is -3.98. The van der Waals surface area contributed by atoms with Crippen LogP contribution in [0.3, 0.4) is 0 Å². The molecule has 6 rings (SSSR count). The highest BCUT2D eigenvalue weighted by Crippen LogP contribution is 2.52. The van der Waals surface area contributed by atoms with Crippen LogP contribution in [0, 0.1) is 5.82 Å². The minimum Gasteiger partial charge on any atom is -0.495 e. The second-order valence-corrected chi connectivity index (χ2v) is 14.3. The molecule has 2 amide bonds. The van der Waals surface area contributed by atoms with E-state index < -0.39 is 51.3 Å². The van der Waals surface area contributed by atoms with Gasteiger partial charge in [-0.1, -0.05) is 24.3 Å². The maximum atomic E-state index is 14.9. The SMILES string of the molecule is CCOc1ncccc1C1C(C2C(=O)N(S(=O)(=O)c3ccccc3OC)c3cc(F)ccc32)N(C(=O)O)CC(Cl)N1C1CCN(C)CC1. The second kappa shape index (κ2) is 13.5. The van der Waals surface area contributed by atoms with Crippen LogP contribution in [0.1, 0.15) is 42.9 Å². The number of benzene rings is 2. The molecule has 4 heterocycles. The van der Waals surface area contributed by atoms with Crippen molar-refractivity contribution in [1.82, 2.24) is 19.7 Å². The minimum absolute atomic E-state index is 0.00968. The van der Waals surface area contributed by atoms with Crippen LogP contribution >= 0.6 is 11.6 Å². The van der Waals surface area contributed by atoms with E-state index in [1.807, 2.05) is 11.9 Å². The molecule has 1 N–H and O–H groups in total. The van der Waals surface area contributed by atoms with Crippen molar-refractivity contribution in [2.45, 2.75) is 54.2 Å². The standard InChI is InChI=1S/C33H37ClFN5O7S/c1-4-47-31-23(8-7-15-36-31)29-30(38(33(42)43)19-27(34)39(29)21-13-16-37(2)17-14-21)28-22-12-11-20(35)18-24(22)40(32(28)41)48(44,45)26-10-6-5-9-25(26)46-3/h5-12,15,18,21,27-30H,4,13-14,16-17,19H2,1-3H3,(H,42,43). The number of hydrogen-bond acceptors (Lipinski definition) is 9. The molecule has 4 unspecified atom stereocenters. The maximum Gasteiger partial charge on any atom is 0.407 e. The molecule has 0 saturated carbocycles. The molecule has 0 radical (unpaired) electrons. The Morgan fingerprint density at radius 1 is 1.10 bits per heavy atom. The number of carbonyl (C=O) groups excluding carboxylic acids is 1. The van der Waals surface area contributed by atoms with Crippen LogP contribution in [0.4, 0.5) is 14.9 Å². The van der Waals surface area contributed by atoms with Gasteiger partial charge in [0.2, 0.25) is 5.88 Å². The third kappa shape index (κ3) is 5.84. The number of hydrogen-bond donors (Lipinski definition) is 1. The van der Waals surface area contributed by atoms with Crippen molar-refractivity contribution in [2.75, 3.05) is 44.7 Å². The van der Waals surface area contributed by atoms with Gasteiger partial charge in [0, 0.05) is 17.8 Å². The number of rotatable bonds is 8. The molecule has 15 heteroatoms. The van der Waals surface area contributed by atoms with E-state index in [1.165, 1.54) is 31.4 Å². The second-order valence-electron chi connectivity index (χ2n) is 12.1. The number of carboxylic acid groups (broad SMARTS) is 1. The van der Waals surface area contributed by atoms with Crippen molar-refractivity contribution in [3.05, 3.63) is 77.7 Å². The summed E-state index contributed by atoms with van der Waals surface area (Å²) < 4.78 is 55.4. The number of alkyl halides is 1. The summed E-state index contributed by atoms with van der Waals surface area (Å²) in [5.74, 6) is -2.84. The largest absolute Gasteiger partial charge is 0.495 e. The molecule has 48 heavy (non-hydrogen) atoms. The van der Waals surface area contributed by atoms with Gasteiger partial charge in [0.1, 0.15) is 22.0 Å². The highest BCUT2D eigenvalue weighted by atomic mass is 35.5. The summed E-state index contributed by atoms with van der Waals surface area (Å²) in [7, 11) is -1.35. The van der Waals surface area contributed by atoms with Crippen LogP contribution in [0.2, 0.25) is 0 Å². The van der Waals surface area contributed by atoms with E-state index in [1.54, 1.807) is 31.3 Å². The molecule has 1 aromatic heterocycles. The first-order valence-corrected chi connectivity index (χ1v) is 17.6. The average Bonchev–Trinajstić information content (AvgIpc) is 3.36. The smallest absolute Gasteiger partial charge is 0.407 e. The predicted molar refractivity (Wildman–Crippen MR) is 175 cm³/mol. The van der Waals surface area contributed by atoms with Gasteiger partial charge in [-0.25, -0.2) is 26.9 Å². The van der Waals surface area contributed by atoms with Crippen LogP contribution in [-0.2, 0) is 14.8 Å². The van der Waals surface area contributed by atoms with Crippen molar-refractivity contribution in [3.8, 4) is 11.6 Å². The summed E-state index contributed by atoms with van der Waals surface area (Å²) in [4.78, 5) is 37.4. The molecule has 0 aliphatic carbocycles. The topological polar surface area (TPSA) is 133 Å². The number of aromatic nitrogens is 1. The first-order valence-electron chi connectivity index (χ1n) is 15.7. The molecule has 12 nitrogen and oxygen atoms in total. The summed E-state index contributed by atoms with van der Waals surface area (Å²) in [6, 6.07) is 10.5. The molecule has 3 aliphatic heterocycles. The van der Waals surface area contributed by atoms with E-state index in [2.05, 4.69) is 9.88 Å². The first kappa shape index (κ1) is 33.9. The van der Waals surface area contributed by atoms with E-state index in [9.17, 15) is 27.5 Å².